The minimum atomic E-state index is -3.63. The van der Waals surface area contributed by atoms with E-state index in [2.05, 4.69) is 11.1 Å². The van der Waals surface area contributed by atoms with E-state index in [0.717, 1.165) is 22.3 Å². The highest BCUT2D eigenvalue weighted by atomic mass is 32.2. The van der Waals surface area contributed by atoms with E-state index in [1.807, 2.05) is 25.1 Å². The van der Waals surface area contributed by atoms with Crippen molar-refractivity contribution in [1.82, 2.24) is 4.98 Å². The van der Waals surface area contributed by atoms with Gasteiger partial charge in [0.1, 0.15) is 0 Å². The number of hydrogen-bond acceptors (Lipinski definition) is 4. The number of rotatable bonds is 3. The van der Waals surface area contributed by atoms with E-state index in [-0.39, 0.29) is 0 Å². The molecule has 0 saturated carbocycles. The third-order valence-corrected chi connectivity index (χ3v) is 6.58. The Hall–Kier alpha value is -3.17. The van der Waals surface area contributed by atoms with E-state index >= 15 is 0 Å². The number of nitrogens with zero attached hydrogens (tertiary/aromatic N) is 3. The average Bonchev–Trinajstić information content (AvgIpc) is 3.13. The Morgan fingerprint density at radius 1 is 1.11 bits per heavy atom. The number of aromatic nitrogens is 1. The van der Waals surface area contributed by atoms with E-state index < -0.39 is 10.0 Å². The van der Waals surface area contributed by atoms with Gasteiger partial charge in [0.2, 0.25) is 0 Å². The van der Waals surface area contributed by atoms with Gasteiger partial charge in [-0.05, 0) is 54.3 Å². The number of pyridine rings is 1. The maximum atomic E-state index is 13.1. The fraction of sp³-hybridized carbons (Fsp3) is 0.143. The van der Waals surface area contributed by atoms with E-state index in [1.54, 1.807) is 42.7 Å². The molecule has 27 heavy (non-hydrogen) atoms. The molecule has 0 unspecified atom stereocenters. The molecule has 0 amide bonds. The van der Waals surface area contributed by atoms with Gasteiger partial charge in [-0.25, -0.2) is 8.42 Å². The molecule has 0 spiro atoms. The van der Waals surface area contributed by atoms with Crippen LogP contribution < -0.4 is 4.31 Å². The smallest absolute Gasteiger partial charge is 0.264 e. The molecule has 1 aliphatic rings. The summed E-state index contributed by atoms with van der Waals surface area (Å²) >= 11 is 0. The Labute approximate surface area is 158 Å². The molecular weight excluding hydrogens is 358 g/mol. The van der Waals surface area contributed by atoms with Gasteiger partial charge in [-0.1, -0.05) is 24.3 Å². The van der Waals surface area contributed by atoms with Crippen LogP contribution in [0.15, 0.2) is 65.8 Å². The van der Waals surface area contributed by atoms with E-state index in [9.17, 15) is 8.42 Å². The molecule has 6 heteroatoms. The van der Waals surface area contributed by atoms with Crippen molar-refractivity contribution in [2.45, 2.75) is 18.2 Å². The predicted octanol–water partition coefficient (Wildman–Crippen LogP) is 3.68. The van der Waals surface area contributed by atoms with Crippen LogP contribution in [0.3, 0.4) is 0 Å². The SMILES string of the molecule is Cc1cccc(S(=O)(=O)N2CCc3c(-c4ccc(C#N)cc4)cncc32)c1. The fourth-order valence-corrected chi connectivity index (χ4v) is 5.00. The van der Waals surface area contributed by atoms with Gasteiger partial charge in [0.15, 0.2) is 0 Å². The van der Waals surface area contributed by atoms with Gasteiger partial charge in [0.05, 0.1) is 28.4 Å². The first kappa shape index (κ1) is 17.3. The van der Waals surface area contributed by atoms with Crippen molar-refractivity contribution < 1.29 is 8.42 Å². The lowest BCUT2D eigenvalue weighted by Crippen LogP contribution is -2.29. The largest absolute Gasteiger partial charge is 0.264 e. The van der Waals surface area contributed by atoms with Crippen molar-refractivity contribution in [1.29, 1.82) is 5.26 Å². The predicted molar refractivity (Wildman–Crippen MR) is 104 cm³/mol. The summed E-state index contributed by atoms with van der Waals surface area (Å²) in [5, 5.41) is 8.97. The van der Waals surface area contributed by atoms with Gasteiger partial charge < -0.3 is 0 Å². The summed E-state index contributed by atoms with van der Waals surface area (Å²) in [6.07, 6.45) is 3.99. The number of sulfonamides is 1. The number of benzene rings is 2. The summed E-state index contributed by atoms with van der Waals surface area (Å²) in [7, 11) is -3.63. The van der Waals surface area contributed by atoms with Crippen LogP contribution in [0, 0.1) is 18.3 Å². The topological polar surface area (TPSA) is 74.1 Å². The molecule has 0 bridgehead atoms. The van der Waals surface area contributed by atoms with E-state index in [4.69, 9.17) is 5.26 Å². The molecule has 0 atom stereocenters. The average molecular weight is 375 g/mol. The summed E-state index contributed by atoms with van der Waals surface area (Å²) in [5.74, 6) is 0. The summed E-state index contributed by atoms with van der Waals surface area (Å²) in [5.41, 5.74) is 4.90. The minimum absolute atomic E-state index is 0.291. The first-order chi connectivity index (χ1) is 13.0. The summed E-state index contributed by atoms with van der Waals surface area (Å²) in [6, 6.07) is 16.3. The van der Waals surface area contributed by atoms with Crippen molar-refractivity contribution in [3.63, 3.8) is 0 Å². The monoisotopic (exact) mass is 375 g/mol. The number of hydrogen-bond donors (Lipinski definition) is 0. The van der Waals surface area contributed by atoms with Crippen molar-refractivity contribution in [2.75, 3.05) is 10.8 Å². The van der Waals surface area contributed by atoms with E-state index in [0.29, 0.717) is 29.1 Å². The second-order valence-corrected chi connectivity index (χ2v) is 8.38. The molecule has 5 nitrogen and oxygen atoms in total. The van der Waals surface area contributed by atoms with E-state index in [1.165, 1.54) is 4.31 Å². The minimum Gasteiger partial charge on any atom is -0.264 e. The Kier molecular flexibility index (Phi) is 4.17. The Bertz CT molecular complexity index is 1160. The van der Waals surface area contributed by atoms with Gasteiger partial charge in [0.25, 0.3) is 10.0 Å². The number of aryl methyl sites for hydroxylation is 1. The summed E-state index contributed by atoms with van der Waals surface area (Å²) in [6.45, 7) is 2.27. The zero-order chi connectivity index (χ0) is 19.0. The first-order valence-corrected chi connectivity index (χ1v) is 10.0. The quantitative estimate of drug-likeness (QED) is 0.700. The zero-order valence-corrected chi connectivity index (χ0v) is 15.6. The molecule has 0 fully saturated rings. The number of fused-ring (bicyclic) bond motifs is 1. The lowest BCUT2D eigenvalue weighted by molar-refractivity contribution is 0.592. The van der Waals surface area contributed by atoms with Gasteiger partial charge in [-0.2, -0.15) is 5.26 Å². The summed E-state index contributed by atoms with van der Waals surface area (Å²) < 4.78 is 27.7. The molecule has 2 heterocycles. The van der Waals surface area contributed by atoms with Crippen molar-refractivity contribution >= 4 is 15.7 Å². The molecule has 3 aromatic rings. The normalized spacial score (nSPS) is 13.3. The maximum absolute atomic E-state index is 13.1. The molecule has 1 aromatic heterocycles. The maximum Gasteiger partial charge on any atom is 0.264 e. The Balaban J connectivity index is 1.78. The number of anilines is 1. The molecule has 2 aromatic carbocycles. The third kappa shape index (κ3) is 2.96. The van der Waals surface area contributed by atoms with Gasteiger partial charge in [-0.3, -0.25) is 9.29 Å². The second kappa shape index (κ2) is 6.53. The second-order valence-electron chi connectivity index (χ2n) is 6.52. The molecular formula is C21H17N3O2S. The van der Waals surface area contributed by atoms with Crippen LogP contribution in [-0.4, -0.2) is 19.9 Å². The van der Waals surface area contributed by atoms with Crippen LogP contribution in [0.25, 0.3) is 11.1 Å². The Morgan fingerprint density at radius 2 is 1.89 bits per heavy atom. The Morgan fingerprint density at radius 3 is 2.59 bits per heavy atom. The molecule has 134 valence electrons. The molecule has 0 saturated heterocycles. The van der Waals surface area contributed by atoms with Crippen LogP contribution >= 0.6 is 0 Å². The lowest BCUT2D eigenvalue weighted by Gasteiger charge is -2.20. The fourth-order valence-electron chi connectivity index (χ4n) is 3.41. The first-order valence-electron chi connectivity index (χ1n) is 8.57. The van der Waals surface area contributed by atoms with Gasteiger partial charge >= 0.3 is 0 Å². The standard InChI is InChI=1S/C21H17N3O2S/c1-15-3-2-4-18(11-15)27(25,26)24-10-9-19-20(13-23-14-21(19)24)17-7-5-16(12-22)6-8-17/h2-8,11,13-14H,9-10H2,1H3. The van der Waals surface area contributed by atoms with Crippen LogP contribution in [0.5, 0.6) is 0 Å². The highest BCUT2D eigenvalue weighted by molar-refractivity contribution is 7.92. The van der Waals surface area contributed by atoms with Gasteiger partial charge in [-0.15, -0.1) is 0 Å². The molecule has 1 aliphatic heterocycles. The lowest BCUT2D eigenvalue weighted by atomic mass is 9.99. The van der Waals surface area contributed by atoms with Gasteiger partial charge in [0, 0.05) is 18.3 Å². The van der Waals surface area contributed by atoms with Crippen LogP contribution in [0.2, 0.25) is 0 Å². The molecule has 4 rings (SSSR count). The highest BCUT2D eigenvalue weighted by Crippen LogP contribution is 2.38. The summed E-state index contributed by atoms with van der Waals surface area (Å²) in [4.78, 5) is 4.57. The van der Waals surface area contributed by atoms with Crippen LogP contribution in [0.4, 0.5) is 5.69 Å². The molecule has 0 N–H and O–H groups in total. The highest BCUT2D eigenvalue weighted by Gasteiger charge is 2.32. The van der Waals surface area contributed by atoms with Crippen molar-refractivity contribution in [3.8, 4) is 17.2 Å². The van der Waals surface area contributed by atoms with Crippen LogP contribution in [0.1, 0.15) is 16.7 Å². The van der Waals surface area contributed by atoms with Crippen molar-refractivity contribution in [3.05, 3.63) is 77.6 Å². The van der Waals surface area contributed by atoms with Crippen molar-refractivity contribution in [2.24, 2.45) is 0 Å². The molecule has 0 radical (unpaired) electrons. The number of nitriles is 1. The molecule has 0 aliphatic carbocycles. The van der Waals surface area contributed by atoms with Crippen LogP contribution in [-0.2, 0) is 16.4 Å². The third-order valence-electron chi connectivity index (χ3n) is 4.77. The zero-order valence-electron chi connectivity index (χ0n) is 14.8.